The quantitative estimate of drug-likeness (QED) is 0.481. The van der Waals surface area contributed by atoms with Crippen LogP contribution in [0.1, 0.15) is 38.3 Å². The van der Waals surface area contributed by atoms with Crippen LogP contribution in [0.5, 0.6) is 5.88 Å². The zero-order chi connectivity index (χ0) is 22.0. The molecule has 4 heterocycles. The van der Waals surface area contributed by atoms with Crippen LogP contribution >= 0.6 is 0 Å². The molecule has 0 radical (unpaired) electrons. The number of hydrogen-bond donors (Lipinski definition) is 1. The minimum atomic E-state index is -0.473. The number of aromatic nitrogens is 7. The minimum Gasteiger partial charge on any atom is -0.476 e. The third-order valence-electron chi connectivity index (χ3n) is 4.67. The summed E-state index contributed by atoms with van der Waals surface area (Å²) in [5, 5.41) is 16.1. The molecule has 160 valence electrons. The highest BCUT2D eigenvalue weighted by Gasteiger charge is 2.19. The average molecular weight is 422 g/mol. The molecule has 10 heteroatoms. The fourth-order valence-corrected chi connectivity index (χ4v) is 3.29. The highest BCUT2D eigenvalue weighted by atomic mass is 19.1. The third-order valence-corrected chi connectivity index (χ3v) is 4.67. The van der Waals surface area contributed by atoms with Gasteiger partial charge in [-0.2, -0.15) is 10.2 Å². The van der Waals surface area contributed by atoms with Gasteiger partial charge in [0.15, 0.2) is 5.82 Å². The topological polar surface area (TPSA) is 104 Å². The molecule has 0 saturated heterocycles. The van der Waals surface area contributed by atoms with Crippen molar-refractivity contribution < 1.29 is 9.13 Å². The van der Waals surface area contributed by atoms with Crippen molar-refractivity contribution in [2.24, 2.45) is 0 Å². The Bertz CT molecular complexity index is 1210. The summed E-state index contributed by atoms with van der Waals surface area (Å²) >= 11 is 0. The first-order chi connectivity index (χ1) is 15.0. The predicted octanol–water partition coefficient (Wildman–Crippen LogP) is 3.72. The van der Waals surface area contributed by atoms with Gasteiger partial charge in [-0.25, -0.2) is 19.3 Å². The molecule has 0 aliphatic carbocycles. The van der Waals surface area contributed by atoms with Gasteiger partial charge in [-0.15, -0.1) is 5.10 Å². The average Bonchev–Trinajstić information content (AvgIpc) is 3.11. The van der Waals surface area contributed by atoms with Crippen molar-refractivity contribution in [3.8, 4) is 17.1 Å². The van der Waals surface area contributed by atoms with Gasteiger partial charge in [0.2, 0.25) is 5.88 Å². The third kappa shape index (κ3) is 4.14. The number of anilines is 1. The zero-order valence-corrected chi connectivity index (χ0v) is 17.8. The predicted molar refractivity (Wildman–Crippen MR) is 114 cm³/mol. The van der Waals surface area contributed by atoms with E-state index in [0.29, 0.717) is 30.5 Å². The summed E-state index contributed by atoms with van der Waals surface area (Å²) in [6, 6.07) is 3.88. The van der Waals surface area contributed by atoms with E-state index in [1.807, 2.05) is 30.7 Å². The number of rotatable bonds is 7. The molecule has 1 N–H and O–H groups in total. The van der Waals surface area contributed by atoms with E-state index in [1.165, 1.54) is 0 Å². The Hall–Kier alpha value is -3.69. The molecule has 0 saturated carbocycles. The van der Waals surface area contributed by atoms with Crippen LogP contribution in [-0.2, 0) is 6.54 Å². The van der Waals surface area contributed by atoms with Crippen LogP contribution in [0.4, 0.5) is 10.1 Å². The lowest BCUT2D eigenvalue weighted by Gasteiger charge is -2.14. The van der Waals surface area contributed by atoms with Crippen molar-refractivity contribution in [1.29, 1.82) is 0 Å². The second-order valence-corrected chi connectivity index (χ2v) is 7.23. The van der Waals surface area contributed by atoms with Crippen LogP contribution < -0.4 is 10.1 Å². The Morgan fingerprint density at radius 2 is 2.00 bits per heavy atom. The second-order valence-electron chi connectivity index (χ2n) is 7.23. The number of nitrogens with one attached hydrogen (secondary N) is 1. The molecule has 0 unspecified atom stereocenters. The van der Waals surface area contributed by atoms with E-state index < -0.39 is 5.82 Å². The minimum absolute atomic E-state index is 0.132. The summed E-state index contributed by atoms with van der Waals surface area (Å²) in [6.45, 7) is 8.72. The standard InChI is InChI=1S/C21H23FN8O/c1-5-31-21-15(6-7-26-28-21)16-8-17(23-11-18-24-9-14(22)10-25-18)20-19(27-16)13(4)29-30(20)12(2)3/h6-10,12H,5,11H2,1-4H3,(H,23,27). The van der Waals surface area contributed by atoms with E-state index in [0.717, 1.165) is 40.4 Å². The largest absolute Gasteiger partial charge is 0.476 e. The first-order valence-electron chi connectivity index (χ1n) is 10.0. The van der Waals surface area contributed by atoms with Gasteiger partial charge in [0, 0.05) is 6.04 Å². The molecule has 0 atom stereocenters. The maximum absolute atomic E-state index is 13.2. The molecule has 0 bridgehead atoms. The molecule has 9 nitrogen and oxygen atoms in total. The molecule has 0 aromatic carbocycles. The van der Waals surface area contributed by atoms with Crippen LogP contribution in [0.15, 0.2) is 30.7 Å². The summed E-state index contributed by atoms with van der Waals surface area (Å²) in [5.74, 6) is 0.416. The molecule has 4 aromatic rings. The molecule has 0 aliphatic heterocycles. The highest BCUT2D eigenvalue weighted by molar-refractivity contribution is 5.93. The lowest BCUT2D eigenvalue weighted by Crippen LogP contribution is -2.09. The molecular weight excluding hydrogens is 399 g/mol. The van der Waals surface area contributed by atoms with Gasteiger partial charge in [0.25, 0.3) is 0 Å². The number of ether oxygens (including phenoxy) is 1. The first kappa shape index (κ1) is 20.6. The number of fused-ring (bicyclic) bond motifs is 1. The van der Waals surface area contributed by atoms with Gasteiger partial charge in [-0.1, -0.05) is 0 Å². The number of aryl methyl sites for hydroxylation is 1. The Morgan fingerprint density at radius 3 is 2.71 bits per heavy atom. The van der Waals surface area contributed by atoms with Gasteiger partial charge in [-0.3, -0.25) is 4.68 Å². The van der Waals surface area contributed by atoms with E-state index in [4.69, 9.17) is 9.72 Å². The lowest BCUT2D eigenvalue weighted by molar-refractivity contribution is 0.324. The number of pyridine rings is 1. The van der Waals surface area contributed by atoms with E-state index in [9.17, 15) is 4.39 Å². The molecule has 31 heavy (non-hydrogen) atoms. The molecule has 4 aromatic heterocycles. The summed E-state index contributed by atoms with van der Waals surface area (Å²) in [5.41, 5.74) is 4.68. The van der Waals surface area contributed by atoms with Crippen LogP contribution in [0.3, 0.4) is 0 Å². The Morgan fingerprint density at radius 1 is 1.23 bits per heavy atom. The molecule has 4 rings (SSSR count). The van der Waals surface area contributed by atoms with Crippen molar-refractivity contribution >= 4 is 16.7 Å². The second kappa shape index (κ2) is 8.58. The van der Waals surface area contributed by atoms with E-state index in [2.05, 4.69) is 44.4 Å². The van der Waals surface area contributed by atoms with Gasteiger partial charge in [0.1, 0.15) is 16.9 Å². The Kier molecular flexibility index (Phi) is 5.70. The summed E-state index contributed by atoms with van der Waals surface area (Å²) in [4.78, 5) is 12.9. The van der Waals surface area contributed by atoms with Gasteiger partial charge < -0.3 is 10.1 Å². The highest BCUT2D eigenvalue weighted by Crippen LogP contribution is 2.34. The van der Waals surface area contributed by atoms with Gasteiger partial charge >= 0.3 is 0 Å². The molecule has 0 fully saturated rings. The Labute approximate surface area is 178 Å². The fourth-order valence-electron chi connectivity index (χ4n) is 3.29. The number of hydrogen-bond acceptors (Lipinski definition) is 8. The van der Waals surface area contributed by atoms with Gasteiger partial charge in [-0.05, 0) is 39.8 Å². The first-order valence-corrected chi connectivity index (χ1v) is 10.0. The number of nitrogens with zero attached hydrogens (tertiary/aromatic N) is 7. The molecule has 0 amide bonds. The summed E-state index contributed by atoms with van der Waals surface area (Å²) < 4.78 is 20.7. The van der Waals surface area contributed by atoms with Crippen molar-refractivity contribution in [1.82, 2.24) is 34.9 Å². The fraction of sp³-hybridized carbons (Fsp3) is 0.333. The van der Waals surface area contributed by atoms with Crippen LogP contribution in [0.2, 0.25) is 0 Å². The Balaban J connectivity index is 1.84. The monoisotopic (exact) mass is 422 g/mol. The maximum Gasteiger partial charge on any atom is 0.242 e. The van der Waals surface area contributed by atoms with Crippen LogP contribution in [-0.4, -0.2) is 41.5 Å². The van der Waals surface area contributed by atoms with Crippen molar-refractivity contribution in [3.63, 3.8) is 0 Å². The molecule has 0 aliphatic rings. The summed E-state index contributed by atoms with van der Waals surface area (Å²) in [7, 11) is 0. The molecular formula is C21H23FN8O. The molecule has 0 spiro atoms. The van der Waals surface area contributed by atoms with Crippen molar-refractivity contribution in [2.45, 2.75) is 40.3 Å². The zero-order valence-electron chi connectivity index (χ0n) is 17.8. The normalized spacial score (nSPS) is 11.3. The van der Waals surface area contributed by atoms with Crippen LogP contribution in [0, 0.1) is 12.7 Å². The number of halogens is 1. The van der Waals surface area contributed by atoms with E-state index >= 15 is 0 Å². The van der Waals surface area contributed by atoms with Crippen molar-refractivity contribution in [2.75, 3.05) is 11.9 Å². The van der Waals surface area contributed by atoms with E-state index in [-0.39, 0.29) is 6.04 Å². The van der Waals surface area contributed by atoms with E-state index in [1.54, 1.807) is 6.20 Å². The SMILES string of the molecule is CCOc1nnccc1-c1cc(NCc2ncc(F)cn2)c2c(n1)c(C)nn2C(C)C. The van der Waals surface area contributed by atoms with Gasteiger partial charge in [0.05, 0.1) is 54.4 Å². The van der Waals surface area contributed by atoms with Crippen LogP contribution in [0.25, 0.3) is 22.3 Å². The smallest absolute Gasteiger partial charge is 0.242 e. The summed E-state index contributed by atoms with van der Waals surface area (Å²) in [6.07, 6.45) is 3.90. The lowest BCUT2D eigenvalue weighted by atomic mass is 10.1. The maximum atomic E-state index is 13.2. The van der Waals surface area contributed by atoms with Crippen molar-refractivity contribution in [3.05, 3.63) is 48.1 Å².